The van der Waals surface area contributed by atoms with Crippen molar-refractivity contribution in [3.05, 3.63) is 47.5 Å². The van der Waals surface area contributed by atoms with Gasteiger partial charge in [-0.15, -0.1) is 0 Å². The van der Waals surface area contributed by atoms with Gasteiger partial charge in [0.15, 0.2) is 0 Å². The maximum absolute atomic E-state index is 6.16. The van der Waals surface area contributed by atoms with Crippen LogP contribution in [0.15, 0.2) is 36.4 Å². The highest BCUT2D eigenvalue weighted by Crippen LogP contribution is 2.40. The van der Waals surface area contributed by atoms with E-state index in [0.29, 0.717) is 13.2 Å². The third-order valence-electron chi connectivity index (χ3n) is 5.99. The molecule has 1 heterocycles. The molecule has 2 aromatic rings. The Balaban J connectivity index is 2.11. The van der Waals surface area contributed by atoms with Gasteiger partial charge in [-0.1, -0.05) is 39.8 Å². The molecule has 1 saturated heterocycles. The van der Waals surface area contributed by atoms with Crippen LogP contribution < -0.4 is 9.64 Å². The number of rotatable bonds is 7. The number of likely N-dealkylation sites (N-methyl/N-ethyl adjacent to an activating group) is 1. The molecule has 0 aromatic heterocycles. The average molecular weight is 411 g/mol. The molecule has 0 aliphatic carbocycles. The van der Waals surface area contributed by atoms with Gasteiger partial charge in [0.25, 0.3) is 0 Å². The number of nitrogens with zero attached hydrogens (tertiary/aromatic N) is 2. The molecule has 0 N–H and O–H groups in total. The minimum atomic E-state index is 0.0921. The standard InChI is InChI=1S/C26H38N2O2/c1-7-20-8-11-25(30-17-16-29-6)23(18-20)22-19-21(26(2,3)4)9-10-24(22)28-14-12-27(5)13-15-28/h8-11,18-19H,7,12-17H2,1-6H3. The van der Waals surface area contributed by atoms with Crippen LogP contribution in [0.4, 0.5) is 5.69 Å². The van der Waals surface area contributed by atoms with Gasteiger partial charge in [0.1, 0.15) is 12.4 Å². The first-order valence-electron chi connectivity index (χ1n) is 11.2. The Morgan fingerprint density at radius 2 is 1.63 bits per heavy atom. The van der Waals surface area contributed by atoms with Gasteiger partial charge in [-0.05, 0) is 54.3 Å². The van der Waals surface area contributed by atoms with Crippen molar-refractivity contribution in [2.75, 3.05) is 58.5 Å². The smallest absolute Gasteiger partial charge is 0.127 e. The number of benzene rings is 2. The number of methoxy groups -OCH3 is 1. The lowest BCUT2D eigenvalue weighted by Crippen LogP contribution is -2.44. The van der Waals surface area contributed by atoms with Gasteiger partial charge in [0, 0.05) is 50.1 Å². The van der Waals surface area contributed by atoms with Crippen LogP contribution in [0.5, 0.6) is 5.75 Å². The van der Waals surface area contributed by atoms with Crippen LogP contribution in [0.3, 0.4) is 0 Å². The van der Waals surface area contributed by atoms with E-state index in [-0.39, 0.29) is 5.41 Å². The summed E-state index contributed by atoms with van der Waals surface area (Å²) in [6.07, 6.45) is 1.01. The Labute approximate surface area is 182 Å². The molecule has 0 saturated carbocycles. The second-order valence-corrected chi connectivity index (χ2v) is 9.30. The largest absolute Gasteiger partial charge is 0.491 e. The molecule has 1 aliphatic heterocycles. The van der Waals surface area contributed by atoms with E-state index in [4.69, 9.17) is 9.47 Å². The zero-order valence-corrected chi connectivity index (χ0v) is 19.6. The molecule has 0 bridgehead atoms. The summed E-state index contributed by atoms with van der Waals surface area (Å²) < 4.78 is 11.4. The van der Waals surface area contributed by atoms with Gasteiger partial charge in [0.05, 0.1) is 6.61 Å². The van der Waals surface area contributed by atoms with Crippen molar-refractivity contribution in [2.24, 2.45) is 0 Å². The summed E-state index contributed by atoms with van der Waals surface area (Å²) in [4.78, 5) is 4.93. The van der Waals surface area contributed by atoms with Gasteiger partial charge in [-0.2, -0.15) is 0 Å². The van der Waals surface area contributed by atoms with Gasteiger partial charge >= 0.3 is 0 Å². The first-order valence-corrected chi connectivity index (χ1v) is 11.2. The van der Waals surface area contributed by atoms with Crippen LogP contribution >= 0.6 is 0 Å². The molecule has 0 radical (unpaired) electrons. The minimum Gasteiger partial charge on any atom is -0.491 e. The monoisotopic (exact) mass is 410 g/mol. The van der Waals surface area contributed by atoms with Gasteiger partial charge in [0.2, 0.25) is 0 Å². The summed E-state index contributed by atoms with van der Waals surface area (Å²) in [5.74, 6) is 0.936. The van der Waals surface area contributed by atoms with Gasteiger partial charge in [-0.3, -0.25) is 0 Å². The summed E-state index contributed by atoms with van der Waals surface area (Å²) in [7, 11) is 3.91. The van der Waals surface area contributed by atoms with Crippen molar-refractivity contribution >= 4 is 5.69 Å². The van der Waals surface area contributed by atoms with Gasteiger partial charge < -0.3 is 19.3 Å². The second kappa shape index (κ2) is 9.84. The summed E-state index contributed by atoms with van der Waals surface area (Å²) in [6, 6.07) is 13.6. The number of hydrogen-bond donors (Lipinski definition) is 0. The Morgan fingerprint density at radius 3 is 2.27 bits per heavy atom. The molecule has 164 valence electrons. The highest BCUT2D eigenvalue weighted by atomic mass is 16.5. The quantitative estimate of drug-likeness (QED) is 0.600. The van der Waals surface area contributed by atoms with Crippen LogP contribution in [0.2, 0.25) is 0 Å². The molecule has 4 nitrogen and oxygen atoms in total. The van der Waals surface area contributed by atoms with Crippen LogP contribution in [-0.2, 0) is 16.6 Å². The molecule has 1 fully saturated rings. The fraction of sp³-hybridized carbons (Fsp3) is 0.538. The van der Waals surface area contributed by atoms with Crippen molar-refractivity contribution in [1.29, 1.82) is 0 Å². The van der Waals surface area contributed by atoms with E-state index in [0.717, 1.165) is 38.3 Å². The summed E-state index contributed by atoms with van der Waals surface area (Å²) in [6.45, 7) is 14.5. The first-order chi connectivity index (χ1) is 14.3. The summed E-state index contributed by atoms with van der Waals surface area (Å²) >= 11 is 0. The lowest BCUT2D eigenvalue weighted by atomic mass is 9.84. The second-order valence-electron chi connectivity index (χ2n) is 9.30. The van der Waals surface area contributed by atoms with Crippen molar-refractivity contribution in [1.82, 2.24) is 4.90 Å². The molecule has 1 aliphatic rings. The summed E-state index contributed by atoms with van der Waals surface area (Å²) in [5, 5.41) is 0. The topological polar surface area (TPSA) is 24.9 Å². The van der Waals surface area contributed by atoms with E-state index in [1.807, 2.05) is 0 Å². The SMILES string of the molecule is CCc1ccc(OCCOC)c(-c2cc(C(C)(C)C)ccc2N2CCN(C)CC2)c1. The van der Waals surface area contributed by atoms with Crippen LogP contribution in [0.25, 0.3) is 11.1 Å². The van der Waals surface area contributed by atoms with E-state index in [1.54, 1.807) is 7.11 Å². The van der Waals surface area contributed by atoms with Gasteiger partial charge in [-0.25, -0.2) is 0 Å². The molecule has 0 atom stereocenters. The molecule has 3 rings (SSSR count). The Hall–Kier alpha value is -2.04. The predicted octanol–water partition coefficient (Wildman–Crippen LogP) is 4.99. The summed E-state index contributed by atoms with van der Waals surface area (Å²) in [5.41, 5.74) is 6.53. The maximum Gasteiger partial charge on any atom is 0.127 e. The van der Waals surface area contributed by atoms with Crippen molar-refractivity contribution in [2.45, 2.75) is 39.5 Å². The third-order valence-corrected chi connectivity index (χ3v) is 5.99. The van der Waals surface area contributed by atoms with Crippen LogP contribution in [-0.4, -0.2) is 58.5 Å². The van der Waals surface area contributed by atoms with Crippen LogP contribution in [0.1, 0.15) is 38.8 Å². The van der Waals surface area contributed by atoms with Crippen LogP contribution in [0, 0.1) is 0 Å². The lowest BCUT2D eigenvalue weighted by Gasteiger charge is -2.36. The van der Waals surface area contributed by atoms with Crippen molar-refractivity contribution < 1.29 is 9.47 Å². The average Bonchev–Trinajstić information content (AvgIpc) is 2.73. The van der Waals surface area contributed by atoms with Crippen molar-refractivity contribution in [3.8, 4) is 16.9 Å². The fourth-order valence-electron chi connectivity index (χ4n) is 3.91. The first kappa shape index (κ1) is 22.6. The number of anilines is 1. The number of piperazine rings is 1. The van der Waals surface area contributed by atoms with E-state index in [9.17, 15) is 0 Å². The Kier molecular flexibility index (Phi) is 7.43. The Bertz CT molecular complexity index is 833. The maximum atomic E-state index is 6.16. The highest BCUT2D eigenvalue weighted by Gasteiger charge is 2.23. The zero-order chi connectivity index (χ0) is 21.7. The van der Waals surface area contributed by atoms with E-state index in [1.165, 1.54) is 27.9 Å². The molecule has 30 heavy (non-hydrogen) atoms. The number of hydrogen-bond acceptors (Lipinski definition) is 4. The Morgan fingerprint density at radius 1 is 0.900 bits per heavy atom. The molecular weight excluding hydrogens is 372 g/mol. The molecule has 0 unspecified atom stereocenters. The minimum absolute atomic E-state index is 0.0921. The molecule has 4 heteroatoms. The molecular formula is C26H38N2O2. The van der Waals surface area contributed by atoms with E-state index < -0.39 is 0 Å². The van der Waals surface area contributed by atoms with Crippen molar-refractivity contribution in [3.63, 3.8) is 0 Å². The molecule has 0 spiro atoms. The van der Waals surface area contributed by atoms with E-state index in [2.05, 4.69) is 80.9 Å². The van der Waals surface area contributed by atoms with E-state index >= 15 is 0 Å². The highest BCUT2D eigenvalue weighted by molar-refractivity contribution is 5.83. The number of aryl methyl sites for hydroxylation is 1. The third kappa shape index (κ3) is 5.35. The zero-order valence-electron chi connectivity index (χ0n) is 19.6. The molecule has 0 amide bonds. The predicted molar refractivity (Wildman–Crippen MR) is 127 cm³/mol. The molecule has 2 aromatic carbocycles. The normalized spacial score (nSPS) is 15.5. The fourth-order valence-corrected chi connectivity index (χ4v) is 3.91. The lowest BCUT2D eigenvalue weighted by molar-refractivity contribution is 0.146. The number of ether oxygens (including phenoxy) is 2.